The lowest BCUT2D eigenvalue weighted by molar-refractivity contribution is -0.139. The maximum absolute atomic E-state index is 12.5. The van der Waals surface area contributed by atoms with Crippen LogP contribution in [-0.4, -0.2) is 67.5 Å². The van der Waals surface area contributed by atoms with Crippen molar-refractivity contribution in [2.45, 2.75) is 31.7 Å². The van der Waals surface area contributed by atoms with Crippen molar-refractivity contribution < 1.29 is 14.3 Å². The fourth-order valence-electron chi connectivity index (χ4n) is 3.54. The predicted molar refractivity (Wildman–Crippen MR) is 95.5 cm³/mol. The molecule has 0 saturated carbocycles. The summed E-state index contributed by atoms with van der Waals surface area (Å²) in [6, 6.07) is 7.94. The van der Waals surface area contributed by atoms with Gasteiger partial charge >= 0.3 is 0 Å². The Morgan fingerprint density at radius 3 is 2.52 bits per heavy atom. The van der Waals surface area contributed by atoms with Gasteiger partial charge in [0.15, 0.2) is 0 Å². The number of hydrogen-bond donors (Lipinski definition) is 1. The van der Waals surface area contributed by atoms with E-state index >= 15 is 0 Å². The van der Waals surface area contributed by atoms with Gasteiger partial charge in [-0.3, -0.25) is 9.59 Å². The Balaban J connectivity index is 1.46. The van der Waals surface area contributed by atoms with Crippen LogP contribution < -0.4 is 10.1 Å². The topological polar surface area (TPSA) is 61.9 Å². The van der Waals surface area contributed by atoms with E-state index in [1.807, 2.05) is 34.1 Å². The quantitative estimate of drug-likeness (QED) is 0.867. The number of methoxy groups -OCH3 is 1. The Hall–Kier alpha value is -2.08. The second-order valence-corrected chi connectivity index (χ2v) is 6.79. The average Bonchev–Trinajstić information content (AvgIpc) is 3.15. The molecule has 0 spiro atoms. The average molecular weight is 345 g/mol. The number of benzene rings is 1. The van der Waals surface area contributed by atoms with E-state index in [0.717, 1.165) is 30.7 Å². The van der Waals surface area contributed by atoms with Crippen molar-refractivity contribution in [3.05, 3.63) is 29.8 Å². The molecule has 2 amide bonds. The normalized spacial score (nSPS) is 20.6. The van der Waals surface area contributed by atoms with Crippen LogP contribution in [0.15, 0.2) is 24.3 Å². The Kier molecular flexibility index (Phi) is 5.91. The first-order chi connectivity index (χ1) is 12.2. The fourth-order valence-corrected chi connectivity index (χ4v) is 3.54. The van der Waals surface area contributed by atoms with Crippen molar-refractivity contribution in [2.24, 2.45) is 0 Å². The SMILES string of the molecule is COc1cccc(CC(=O)N2CCN(C(=O)CC3CCCN3)CC2)c1. The van der Waals surface area contributed by atoms with Crippen LogP contribution in [0.1, 0.15) is 24.8 Å². The molecule has 2 fully saturated rings. The zero-order valence-electron chi connectivity index (χ0n) is 14.9. The summed E-state index contributed by atoms with van der Waals surface area (Å²) in [4.78, 5) is 28.6. The molecule has 25 heavy (non-hydrogen) atoms. The van der Waals surface area contributed by atoms with Gasteiger partial charge in [0, 0.05) is 38.6 Å². The number of hydrogen-bond acceptors (Lipinski definition) is 4. The van der Waals surface area contributed by atoms with E-state index in [4.69, 9.17) is 4.74 Å². The molecule has 6 heteroatoms. The molecule has 2 heterocycles. The molecule has 6 nitrogen and oxygen atoms in total. The lowest BCUT2D eigenvalue weighted by Crippen LogP contribution is -2.51. The van der Waals surface area contributed by atoms with Crippen LogP contribution in [0.25, 0.3) is 0 Å². The van der Waals surface area contributed by atoms with Crippen LogP contribution >= 0.6 is 0 Å². The number of rotatable bonds is 5. The van der Waals surface area contributed by atoms with Crippen molar-refractivity contribution in [1.82, 2.24) is 15.1 Å². The van der Waals surface area contributed by atoms with Gasteiger partial charge in [-0.15, -0.1) is 0 Å². The summed E-state index contributed by atoms with van der Waals surface area (Å²) in [5, 5.41) is 3.37. The van der Waals surface area contributed by atoms with Gasteiger partial charge in [-0.05, 0) is 37.1 Å². The van der Waals surface area contributed by atoms with E-state index < -0.39 is 0 Å². The predicted octanol–water partition coefficient (Wildman–Crippen LogP) is 1.05. The molecule has 136 valence electrons. The molecule has 2 aliphatic heterocycles. The standard InChI is InChI=1S/C19H27N3O3/c1-25-17-6-2-4-15(12-17)13-18(23)21-8-10-22(11-9-21)19(24)14-16-5-3-7-20-16/h2,4,6,12,16,20H,3,5,7-11,13-14H2,1H3. The monoisotopic (exact) mass is 345 g/mol. The number of carbonyl (C=O) groups excluding carboxylic acids is 2. The van der Waals surface area contributed by atoms with Crippen molar-refractivity contribution >= 4 is 11.8 Å². The zero-order valence-corrected chi connectivity index (χ0v) is 14.9. The molecular weight excluding hydrogens is 318 g/mol. The minimum absolute atomic E-state index is 0.109. The highest BCUT2D eigenvalue weighted by atomic mass is 16.5. The molecule has 0 aliphatic carbocycles. The van der Waals surface area contributed by atoms with E-state index in [1.165, 1.54) is 0 Å². The number of nitrogens with zero attached hydrogens (tertiary/aromatic N) is 2. The van der Waals surface area contributed by atoms with Crippen molar-refractivity contribution in [2.75, 3.05) is 39.8 Å². The van der Waals surface area contributed by atoms with E-state index in [0.29, 0.717) is 45.1 Å². The second-order valence-electron chi connectivity index (χ2n) is 6.79. The first-order valence-corrected chi connectivity index (χ1v) is 9.07. The van der Waals surface area contributed by atoms with Crippen LogP contribution in [0, 0.1) is 0 Å². The lowest BCUT2D eigenvalue weighted by atomic mass is 10.1. The summed E-state index contributed by atoms with van der Waals surface area (Å²) in [5.74, 6) is 1.08. The molecule has 2 saturated heterocycles. The zero-order chi connectivity index (χ0) is 17.6. The highest BCUT2D eigenvalue weighted by Crippen LogP contribution is 2.15. The van der Waals surface area contributed by atoms with Crippen LogP contribution in [0.3, 0.4) is 0 Å². The van der Waals surface area contributed by atoms with E-state index in [-0.39, 0.29) is 11.8 Å². The summed E-state index contributed by atoms with van der Waals surface area (Å²) in [7, 11) is 1.62. The molecular formula is C19H27N3O3. The van der Waals surface area contributed by atoms with Gasteiger partial charge in [0.2, 0.25) is 11.8 Å². The highest BCUT2D eigenvalue weighted by Gasteiger charge is 2.26. The van der Waals surface area contributed by atoms with Crippen molar-refractivity contribution in [1.29, 1.82) is 0 Å². The Morgan fingerprint density at radius 1 is 1.16 bits per heavy atom. The number of piperazine rings is 1. The molecule has 1 aromatic rings. The minimum Gasteiger partial charge on any atom is -0.497 e. The van der Waals surface area contributed by atoms with E-state index in [9.17, 15) is 9.59 Å². The number of nitrogens with one attached hydrogen (secondary N) is 1. The lowest BCUT2D eigenvalue weighted by Gasteiger charge is -2.35. The van der Waals surface area contributed by atoms with Crippen LogP contribution in [0.4, 0.5) is 0 Å². The molecule has 0 aromatic heterocycles. The van der Waals surface area contributed by atoms with Gasteiger partial charge in [-0.1, -0.05) is 12.1 Å². The van der Waals surface area contributed by atoms with Gasteiger partial charge in [-0.2, -0.15) is 0 Å². The number of amides is 2. The third-order valence-corrected chi connectivity index (χ3v) is 5.06. The Bertz CT molecular complexity index is 606. The van der Waals surface area contributed by atoms with Crippen molar-refractivity contribution in [3.8, 4) is 5.75 Å². The molecule has 3 rings (SSSR count). The second kappa shape index (κ2) is 8.34. The van der Waals surface area contributed by atoms with Gasteiger partial charge < -0.3 is 19.9 Å². The molecule has 1 unspecified atom stereocenters. The summed E-state index contributed by atoms with van der Waals surface area (Å²) >= 11 is 0. The first kappa shape index (κ1) is 17.7. The minimum atomic E-state index is 0.109. The maximum atomic E-state index is 12.5. The number of carbonyl (C=O) groups is 2. The highest BCUT2D eigenvalue weighted by molar-refractivity contribution is 5.80. The largest absolute Gasteiger partial charge is 0.497 e. The third kappa shape index (κ3) is 4.72. The summed E-state index contributed by atoms with van der Waals surface area (Å²) in [6.07, 6.45) is 3.20. The summed E-state index contributed by atoms with van der Waals surface area (Å²) in [5.41, 5.74) is 0.954. The molecule has 0 radical (unpaired) electrons. The van der Waals surface area contributed by atoms with Crippen LogP contribution in [0.2, 0.25) is 0 Å². The van der Waals surface area contributed by atoms with E-state index in [1.54, 1.807) is 7.11 Å². The molecule has 1 N–H and O–H groups in total. The first-order valence-electron chi connectivity index (χ1n) is 9.07. The number of ether oxygens (including phenoxy) is 1. The summed E-state index contributed by atoms with van der Waals surface area (Å²) in [6.45, 7) is 3.52. The maximum Gasteiger partial charge on any atom is 0.227 e. The fraction of sp³-hybridized carbons (Fsp3) is 0.579. The van der Waals surface area contributed by atoms with E-state index in [2.05, 4.69) is 5.32 Å². The third-order valence-electron chi connectivity index (χ3n) is 5.06. The molecule has 1 atom stereocenters. The van der Waals surface area contributed by atoms with Gasteiger partial charge in [0.1, 0.15) is 5.75 Å². The van der Waals surface area contributed by atoms with Crippen LogP contribution in [-0.2, 0) is 16.0 Å². The smallest absolute Gasteiger partial charge is 0.227 e. The Labute approximate surface area is 149 Å². The van der Waals surface area contributed by atoms with Gasteiger partial charge in [-0.25, -0.2) is 0 Å². The molecule has 2 aliphatic rings. The van der Waals surface area contributed by atoms with Gasteiger partial charge in [0.25, 0.3) is 0 Å². The van der Waals surface area contributed by atoms with Crippen molar-refractivity contribution in [3.63, 3.8) is 0 Å². The molecule has 0 bridgehead atoms. The van der Waals surface area contributed by atoms with Crippen LogP contribution in [0.5, 0.6) is 5.75 Å². The molecule has 1 aromatic carbocycles. The Morgan fingerprint density at radius 2 is 1.88 bits per heavy atom. The summed E-state index contributed by atoms with van der Waals surface area (Å²) < 4.78 is 5.20. The van der Waals surface area contributed by atoms with Gasteiger partial charge in [0.05, 0.1) is 13.5 Å².